The highest BCUT2D eigenvalue weighted by molar-refractivity contribution is 4.41. The van der Waals surface area contributed by atoms with Crippen LogP contribution in [-0.4, -0.2) is 26.2 Å². The minimum atomic E-state index is 0.839. The van der Waals surface area contributed by atoms with Crippen LogP contribution in [0.3, 0.4) is 0 Å². The molecule has 0 aromatic heterocycles. The van der Waals surface area contributed by atoms with Crippen LogP contribution in [0.1, 0.15) is 53.4 Å². The van der Waals surface area contributed by atoms with Crippen LogP contribution in [0.2, 0.25) is 0 Å². The lowest BCUT2D eigenvalue weighted by atomic mass is 10.1. The molecule has 98 valence electrons. The van der Waals surface area contributed by atoms with Crippen LogP contribution >= 0.6 is 0 Å². The summed E-state index contributed by atoms with van der Waals surface area (Å²) >= 11 is 0. The molecule has 4 N–H and O–H groups in total. The van der Waals surface area contributed by atoms with Gasteiger partial charge in [-0.15, -0.1) is 0 Å². The Labute approximate surface area is 103 Å². The third-order valence-electron chi connectivity index (χ3n) is 2.84. The lowest BCUT2D eigenvalue weighted by molar-refractivity contribution is -0.661. The maximum Gasteiger partial charge on any atom is 0.0778 e. The van der Waals surface area contributed by atoms with Crippen molar-refractivity contribution in [3.05, 3.63) is 0 Å². The summed E-state index contributed by atoms with van der Waals surface area (Å²) in [6.45, 7) is 14.4. The summed E-state index contributed by atoms with van der Waals surface area (Å²) in [5.74, 6) is 1.68. The second-order valence-electron chi connectivity index (χ2n) is 5.83. The first kappa shape index (κ1) is 15.9. The molecular formula is C14H34N2+2. The van der Waals surface area contributed by atoms with Crippen LogP contribution in [0.25, 0.3) is 0 Å². The zero-order chi connectivity index (χ0) is 12.2. The standard InChI is InChI=1S/C14H32N2/c1-13(2)11-15-9-7-5-6-8-10-16-12-14(3)4/h13-16H,5-12H2,1-4H3/p+2. The average Bonchev–Trinajstić information content (AvgIpc) is 2.20. The van der Waals surface area contributed by atoms with Crippen molar-refractivity contribution in [1.29, 1.82) is 0 Å². The van der Waals surface area contributed by atoms with E-state index in [0.29, 0.717) is 0 Å². The van der Waals surface area contributed by atoms with E-state index in [1.807, 2.05) is 0 Å². The molecule has 2 nitrogen and oxygen atoms in total. The molecule has 16 heavy (non-hydrogen) atoms. The van der Waals surface area contributed by atoms with Crippen molar-refractivity contribution in [2.24, 2.45) is 11.8 Å². The van der Waals surface area contributed by atoms with Gasteiger partial charge in [0.25, 0.3) is 0 Å². The predicted octanol–water partition coefficient (Wildman–Crippen LogP) is 0.986. The molecular weight excluding hydrogens is 196 g/mol. The fraction of sp³-hybridized carbons (Fsp3) is 1.00. The summed E-state index contributed by atoms with van der Waals surface area (Å²) < 4.78 is 0. The van der Waals surface area contributed by atoms with Gasteiger partial charge < -0.3 is 10.6 Å². The summed E-state index contributed by atoms with van der Waals surface area (Å²) in [4.78, 5) is 0. The summed E-state index contributed by atoms with van der Waals surface area (Å²) in [7, 11) is 0. The smallest absolute Gasteiger partial charge is 0.0778 e. The molecule has 0 radical (unpaired) electrons. The molecule has 0 unspecified atom stereocenters. The second kappa shape index (κ2) is 11.4. The molecule has 0 heterocycles. The van der Waals surface area contributed by atoms with Crippen molar-refractivity contribution >= 4 is 0 Å². The molecule has 0 aromatic carbocycles. The van der Waals surface area contributed by atoms with Gasteiger partial charge in [-0.2, -0.15) is 0 Å². The number of nitrogens with two attached hydrogens (primary N) is 2. The lowest BCUT2D eigenvalue weighted by Crippen LogP contribution is -2.85. The molecule has 0 bridgehead atoms. The Morgan fingerprint density at radius 2 is 1.00 bits per heavy atom. The molecule has 0 amide bonds. The fourth-order valence-corrected chi connectivity index (χ4v) is 1.83. The summed E-state index contributed by atoms with van der Waals surface area (Å²) in [6.07, 6.45) is 5.64. The van der Waals surface area contributed by atoms with Gasteiger partial charge in [0.15, 0.2) is 0 Å². The van der Waals surface area contributed by atoms with Gasteiger partial charge in [-0.05, 0) is 25.7 Å². The Morgan fingerprint density at radius 3 is 1.31 bits per heavy atom. The highest BCUT2D eigenvalue weighted by Gasteiger charge is 1.98. The minimum absolute atomic E-state index is 0.839. The van der Waals surface area contributed by atoms with Crippen molar-refractivity contribution in [2.75, 3.05) is 26.2 Å². The molecule has 0 fully saturated rings. The van der Waals surface area contributed by atoms with Crippen LogP contribution in [-0.2, 0) is 0 Å². The van der Waals surface area contributed by atoms with E-state index < -0.39 is 0 Å². The second-order valence-corrected chi connectivity index (χ2v) is 5.83. The maximum absolute atomic E-state index is 2.47. The first-order valence-corrected chi connectivity index (χ1v) is 7.26. The quantitative estimate of drug-likeness (QED) is 0.496. The zero-order valence-corrected chi connectivity index (χ0v) is 12.0. The number of rotatable bonds is 11. The molecule has 0 rings (SSSR count). The molecule has 0 aromatic rings. The average molecular weight is 230 g/mol. The van der Waals surface area contributed by atoms with E-state index in [-0.39, 0.29) is 0 Å². The van der Waals surface area contributed by atoms with Gasteiger partial charge in [0.05, 0.1) is 26.2 Å². The van der Waals surface area contributed by atoms with Crippen LogP contribution < -0.4 is 10.6 Å². The monoisotopic (exact) mass is 230 g/mol. The molecule has 0 atom stereocenters. The summed E-state index contributed by atoms with van der Waals surface area (Å²) in [5.41, 5.74) is 0. The molecule has 2 heteroatoms. The predicted molar refractivity (Wildman–Crippen MR) is 71.5 cm³/mol. The van der Waals surface area contributed by atoms with Crippen molar-refractivity contribution in [1.82, 2.24) is 0 Å². The highest BCUT2D eigenvalue weighted by Crippen LogP contribution is 1.95. The third-order valence-corrected chi connectivity index (χ3v) is 2.84. The van der Waals surface area contributed by atoms with Gasteiger partial charge in [0, 0.05) is 11.8 Å². The maximum atomic E-state index is 2.47. The van der Waals surface area contributed by atoms with E-state index in [1.54, 1.807) is 0 Å². The largest absolute Gasteiger partial charge is 0.346 e. The van der Waals surface area contributed by atoms with Crippen molar-refractivity contribution in [2.45, 2.75) is 53.4 Å². The van der Waals surface area contributed by atoms with E-state index in [4.69, 9.17) is 0 Å². The Bertz CT molecular complexity index is 117. The van der Waals surface area contributed by atoms with Crippen LogP contribution in [0.15, 0.2) is 0 Å². The summed E-state index contributed by atoms with van der Waals surface area (Å²) in [6, 6.07) is 0. The number of hydrogen-bond donors (Lipinski definition) is 2. The third kappa shape index (κ3) is 13.9. The van der Waals surface area contributed by atoms with E-state index in [9.17, 15) is 0 Å². The van der Waals surface area contributed by atoms with Crippen LogP contribution in [0, 0.1) is 11.8 Å². The van der Waals surface area contributed by atoms with Gasteiger partial charge in [-0.1, -0.05) is 27.7 Å². The highest BCUT2D eigenvalue weighted by atomic mass is 14.9. The normalized spacial score (nSPS) is 11.6. The van der Waals surface area contributed by atoms with Gasteiger partial charge in [-0.3, -0.25) is 0 Å². The summed E-state index contributed by atoms with van der Waals surface area (Å²) in [5, 5.41) is 4.94. The number of hydrogen-bond acceptors (Lipinski definition) is 0. The van der Waals surface area contributed by atoms with Crippen molar-refractivity contribution < 1.29 is 10.6 Å². The van der Waals surface area contributed by atoms with Gasteiger partial charge in [-0.25, -0.2) is 0 Å². The first-order valence-electron chi connectivity index (χ1n) is 7.26. The molecule has 0 aliphatic rings. The van der Waals surface area contributed by atoms with Crippen LogP contribution in [0.5, 0.6) is 0 Å². The first-order chi connectivity index (χ1) is 7.63. The van der Waals surface area contributed by atoms with Crippen LogP contribution in [0.4, 0.5) is 0 Å². The topological polar surface area (TPSA) is 33.2 Å². The molecule has 0 aliphatic heterocycles. The van der Waals surface area contributed by atoms with Gasteiger partial charge in [0.2, 0.25) is 0 Å². The van der Waals surface area contributed by atoms with Gasteiger partial charge in [0.1, 0.15) is 0 Å². The Morgan fingerprint density at radius 1 is 0.625 bits per heavy atom. The fourth-order valence-electron chi connectivity index (χ4n) is 1.83. The lowest BCUT2D eigenvalue weighted by Gasteiger charge is -2.05. The number of quaternary nitrogens is 2. The van der Waals surface area contributed by atoms with E-state index in [1.165, 1.54) is 51.9 Å². The Balaban J connectivity index is 2.93. The Kier molecular flexibility index (Phi) is 11.3. The minimum Gasteiger partial charge on any atom is -0.346 e. The molecule has 0 saturated heterocycles. The van der Waals surface area contributed by atoms with Crippen molar-refractivity contribution in [3.63, 3.8) is 0 Å². The molecule has 0 saturated carbocycles. The number of unbranched alkanes of at least 4 members (excludes halogenated alkanes) is 3. The van der Waals surface area contributed by atoms with Gasteiger partial charge >= 0.3 is 0 Å². The van der Waals surface area contributed by atoms with Crippen molar-refractivity contribution in [3.8, 4) is 0 Å². The molecule has 0 aliphatic carbocycles. The Hall–Kier alpha value is -0.0800. The van der Waals surface area contributed by atoms with E-state index in [0.717, 1.165) is 11.8 Å². The zero-order valence-electron chi connectivity index (χ0n) is 12.0. The SMILES string of the molecule is CC(C)C[NH2+]CCCCCC[NH2+]CC(C)C. The van der Waals surface area contributed by atoms with E-state index in [2.05, 4.69) is 38.3 Å². The molecule has 0 spiro atoms. The van der Waals surface area contributed by atoms with E-state index >= 15 is 0 Å².